The van der Waals surface area contributed by atoms with Crippen LogP contribution in [0.1, 0.15) is 25.3 Å². The summed E-state index contributed by atoms with van der Waals surface area (Å²) >= 11 is 0. The van der Waals surface area contributed by atoms with Crippen molar-refractivity contribution in [2.24, 2.45) is 0 Å². The van der Waals surface area contributed by atoms with Crippen molar-refractivity contribution in [3.8, 4) is 11.1 Å². The van der Waals surface area contributed by atoms with Crippen LogP contribution in [0, 0.1) is 0 Å². The summed E-state index contributed by atoms with van der Waals surface area (Å²) in [6, 6.07) is 17.6. The molecule has 29 heavy (non-hydrogen) atoms. The highest BCUT2D eigenvalue weighted by molar-refractivity contribution is 7.89. The molecule has 1 saturated heterocycles. The van der Waals surface area contributed by atoms with E-state index in [-0.39, 0.29) is 17.8 Å². The van der Waals surface area contributed by atoms with Crippen molar-refractivity contribution in [3.63, 3.8) is 0 Å². The lowest BCUT2D eigenvalue weighted by Gasteiger charge is -2.40. The van der Waals surface area contributed by atoms with Crippen LogP contribution in [0.4, 0.5) is 4.79 Å². The number of hydrogen-bond acceptors (Lipinski definition) is 4. The summed E-state index contributed by atoms with van der Waals surface area (Å²) < 4.78 is 32.2. The van der Waals surface area contributed by atoms with Crippen molar-refractivity contribution < 1.29 is 17.9 Å². The van der Waals surface area contributed by atoms with Gasteiger partial charge in [0, 0.05) is 12.6 Å². The monoisotopic (exact) mass is 416 g/mol. The number of hydrogen-bond donors (Lipinski definition) is 1. The summed E-state index contributed by atoms with van der Waals surface area (Å²) in [5.41, 5.74) is 3.26. The van der Waals surface area contributed by atoms with Gasteiger partial charge in [0.25, 0.3) is 0 Å². The summed E-state index contributed by atoms with van der Waals surface area (Å²) in [7, 11) is -2.02. The molecule has 7 heteroatoms. The molecule has 0 bridgehead atoms. The first-order valence-corrected chi connectivity index (χ1v) is 11.6. The van der Waals surface area contributed by atoms with Gasteiger partial charge < -0.3 is 9.64 Å². The summed E-state index contributed by atoms with van der Waals surface area (Å²) in [6.45, 7) is 2.17. The number of rotatable bonds is 6. The predicted molar refractivity (Wildman–Crippen MR) is 114 cm³/mol. The Morgan fingerprint density at radius 3 is 2.55 bits per heavy atom. The molecule has 0 radical (unpaired) electrons. The van der Waals surface area contributed by atoms with E-state index >= 15 is 0 Å². The van der Waals surface area contributed by atoms with Gasteiger partial charge in [-0.2, -0.15) is 0 Å². The molecule has 0 aliphatic carbocycles. The highest BCUT2D eigenvalue weighted by atomic mass is 32.2. The maximum absolute atomic E-state index is 12.4. The van der Waals surface area contributed by atoms with Gasteiger partial charge in [-0.05, 0) is 42.9 Å². The Labute approximate surface area is 172 Å². The normalized spacial score (nSPS) is 19.7. The zero-order valence-corrected chi connectivity index (χ0v) is 17.7. The summed E-state index contributed by atoms with van der Waals surface area (Å²) in [5, 5.41) is 0. The molecule has 156 valence electrons. The first-order chi connectivity index (χ1) is 13.9. The van der Waals surface area contributed by atoms with Gasteiger partial charge in [0.05, 0.1) is 18.9 Å². The number of benzene rings is 2. The molecular formula is C22H28N2O4S. The van der Waals surface area contributed by atoms with Crippen molar-refractivity contribution in [2.75, 3.05) is 19.4 Å². The molecular weight excluding hydrogens is 388 g/mol. The van der Waals surface area contributed by atoms with Gasteiger partial charge in [-0.1, -0.05) is 54.6 Å². The van der Waals surface area contributed by atoms with Crippen LogP contribution in [0.2, 0.25) is 0 Å². The van der Waals surface area contributed by atoms with Crippen LogP contribution >= 0.6 is 0 Å². The topological polar surface area (TPSA) is 75.7 Å². The third-order valence-corrected chi connectivity index (χ3v) is 6.80. The quantitative estimate of drug-likeness (QED) is 0.783. The minimum Gasteiger partial charge on any atom is -0.453 e. The van der Waals surface area contributed by atoms with Crippen LogP contribution in [0.15, 0.2) is 54.6 Å². The smallest absolute Gasteiger partial charge is 0.409 e. The maximum Gasteiger partial charge on any atom is 0.409 e. The molecule has 1 N–H and O–H groups in total. The first-order valence-electron chi connectivity index (χ1n) is 9.92. The van der Waals surface area contributed by atoms with Crippen molar-refractivity contribution in [2.45, 2.75) is 38.3 Å². The van der Waals surface area contributed by atoms with E-state index in [0.717, 1.165) is 23.1 Å². The van der Waals surface area contributed by atoms with Crippen LogP contribution in [0.5, 0.6) is 0 Å². The molecule has 0 saturated carbocycles. The SMILES string of the molecule is CCS(=O)(=O)N[C@@H]1CCCN(C(=O)OC)[C@@H]1Cc1cccc(-c2ccccc2)c1. The standard InChI is InChI=1S/C22H28N2O4S/c1-3-29(26,27)23-20-13-8-14-24(22(25)28-2)21(20)16-17-9-7-12-19(15-17)18-10-5-4-6-11-18/h4-7,9-12,15,20-21,23H,3,8,13-14,16H2,1-2H3/t20-,21-/m1/s1. The molecule has 0 unspecified atom stereocenters. The number of nitrogens with zero attached hydrogens (tertiary/aromatic N) is 1. The van der Waals surface area contributed by atoms with Gasteiger partial charge in [0.15, 0.2) is 0 Å². The van der Waals surface area contributed by atoms with Gasteiger partial charge >= 0.3 is 6.09 Å². The van der Waals surface area contributed by atoms with Gasteiger partial charge in [-0.15, -0.1) is 0 Å². The van der Waals surface area contributed by atoms with Crippen LogP contribution in [0.3, 0.4) is 0 Å². The Balaban J connectivity index is 1.89. The first kappa shape index (κ1) is 21.3. The largest absolute Gasteiger partial charge is 0.453 e. The van der Waals surface area contributed by atoms with Gasteiger partial charge in [0.2, 0.25) is 10.0 Å². The fourth-order valence-electron chi connectivity index (χ4n) is 3.85. The Morgan fingerprint density at radius 2 is 1.86 bits per heavy atom. The van der Waals surface area contributed by atoms with Crippen molar-refractivity contribution in [1.29, 1.82) is 0 Å². The van der Waals surface area contributed by atoms with Crippen molar-refractivity contribution in [3.05, 3.63) is 60.2 Å². The van der Waals surface area contributed by atoms with E-state index in [0.29, 0.717) is 19.4 Å². The third kappa shape index (κ3) is 5.36. The number of carbonyl (C=O) groups is 1. The molecule has 1 aliphatic heterocycles. The zero-order valence-electron chi connectivity index (χ0n) is 16.9. The molecule has 3 rings (SSSR count). The van der Waals surface area contributed by atoms with Gasteiger partial charge in [-0.25, -0.2) is 17.9 Å². The number of likely N-dealkylation sites (tertiary alicyclic amines) is 1. The predicted octanol–water partition coefficient (Wildman–Crippen LogP) is 3.43. The number of methoxy groups -OCH3 is 1. The third-order valence-electron chi connectivity index (χ3n) is 5.38. The highest BCUT2D eigenvalue weighted by Gasteiger charge is 2.36. The van der Waals surface area contributed by atoms with Gasteiger partial charge in [0.1, 0.15) is 0 Å². The second-order valence-electron chi connectivity index (χ2n) is 7.27. The molecule has 1 amide bonds. The zero-order chi connectivity index (χ0) is 20.9. The van der Waals surface area contributed by atoms with Crippen molar-refractivity contribution in [1.82, 2.24) is 9.62 Å². The Kier molecular flexibility index (Phi) is 6.92. The average Bonchev–Trinajstić information content (AvgIpc) is 2.75. The van der Waals surface area contributed by atoms with Crippen LogP contribution in [0.25, 0.3) is 11.1 Å². The van der Waals surface area contributed by atoms with Crippen LogP contribution in [-0.4, -0.2) is 50.9 Å². The maximum atomic E-state index is 12.4. The summed E-state index contributed by atoms with van der Waals surface area (Å²) in [6.07, 6.45) is 1.55. The Bertz CT molecular complexity index is 931. The fraction of sp³-hybridized carbons (Fsp3) is 0.409. The molecule has 2 aromatic rings. The molecule has 0 aromatic heterocycles. The minimum atomic E-state index is -3.38. The lowest BCUT2D eigenvalue weighted by Crippen LogP contribution is -2.58. The number of ether oxygens (including phenoxy) is 1. The molecule has 2 aromatic carbocycles. The van der Waals surface area contributed by atoms with E-state index in [4.69, 9.17) is 4.74 Å². The number of nitrogens with one attached hydrogen (secondary N) is 1. The molecule has 1 aliphatic rings. The van der Waals surface area contributed by atoms with E-state index < -0.39 is 16.1 Å². The molecule has 0 spiro atoms. The Hall–Kier alpha value is -2.38. The highest BCUT2D eigenvalue weighted by Crippen LogP contribution is 2.26. The van der Waals surface area contributed by atoms with E-state index in [1.165, 1.54) is 7.11 Å². The van der Waals surface area contributed by atoms with E-state index in [1.807, 2.05) is 30.3 Å². The number of piperidine rings is 1. The second-order valence-corrected chi connectivity index (χ2v) is 9.31. The Morgan fingerprint density at radius 1 is 1.14 bits per heavy atom. The van der Waals surface area contributed by atoms with Crippen LogP contribution < -0.4 is 4.72 Å². The average molecular weight is 417 g/mol. The molecule has 6 nitrogen and oxygen atoms in total. The van der Waals surface area contributed by atoms with Crippen molar-refractivity contribution >= 4 is 16.1 Å². The number of carbonyl (C=O) groups excluding carboxylic acids is 1. The number of amides is 1. The summed E-state index contributed by atoms with van der Waals surface area (Å²) in [4.78, 5) is 14.0. The second kappa shape index (κ2) is 9.41. The summed E-state index contributed by atoms with van der Waals surface area (Å²) in [5.74, 6) is 0.0118. The van der Waals surface area contributed by atoms with Gasteiger partial charge in [-0.3, -0.25) is 0 Å². The van der Waals surface area contributed by atoms with E-state index in [9.17, 15) is 13.2 Å². The van der Waals surface area contributed by atoms with Crippen LogP contribution in [-0.2, 0) is 21.2 Å². The van der Waals surface area contributed by atoms with E-state index in [1.54, 1.807) is 11.8 Å². The molecule has 2 atom stereocenters. The lowest BCUT2D eigenvalue weighted by atomic mass is 9.90. The fourth-order valence-corrected chi connectivity index (χ4v) is 4.76. The molecule has 1 heterocycles. The minimum absolute atomic E-state index is 0.0118. The van der Waals surface area contributed by atoms with E-state index in [2.05, 4.69) is 29.0 Å². The lowest BCUT2D eigenvalue weighted by molar-refractivity contribution is 0.0792. The molecule has 1 fully saturated rings. The number of sulfonamides is 1.